The van der Waals surface area contributed by atoms with Gasteiger partial charge in [0, 0.05) is 23.0 Å². The number of rotatable bonds is 5. The van der Waals surface area contributed by atoms with Crippen LogP contribution >= 0.6 is 34.8 Å². The van der Waals surface area contributed by atoms with Gasteiger partial charge in [0.05, 0.1) is 21.7 Å². The van der Waals surface area contributed by atoms with Gasteiger partial charge in [0.2, 0.25) is 0 Å². The third kappa shape index (κ3) is 4.75. The fourth-order valence-electron chi connectivity index (χ4n) is 3.25. The predicted octanol–water partition coefficient (Wildman–Crippen LogP) is 5.68. The number of Topliss-reactive ketones (excluding diaryl/α,β-unsaturated/α-hetero) is 1. The second kappa shape index (κ2) is 8.51. The Kier molecular flexibility index (Phi) is 6.30. The highest BCUT2D eigenvalue weighted by Gasteiger charge is 2.31. The standard InChI is InChI=1S/C20H18Cl3NO3/c1-11-9-15(22)19(20(26)27-11)16(23)10-17(14-3-2-4-18(14)25)24-13-7-5-12(21)6-8-13/h5-10,14,17,24H,2-4H2,1H3/b16-10-/t14-,17-/m1/s1. The van der Waals surface area contributed by atoms with Crippen LogP contribution in [0.4, 0.5) is 5.69 Å². The van der Waals surface area contributed by atoms with E-state index in [1.807, 2.05) is 12.1 Å². The van der Waals surface area contributed by atoms with Crippen molar-refractivity contribution in [3.8, 4) is 0 Å². The molecule has 4 nitrogen and oxygen atoms in total. The number of hydrogen-bond acceptors (Lipinski definition) is 4. The summed E-state index contributed by atoms with van der Waals surface area (Å²) in [5.41, 5.74) is 0.286. The largest absolute Gasteiger partial charge is 0.428 e. The summed E-state index contributed by atoms with van der Waals surface area (Å²) in [5.74, 6) is 0.343. The Morgan fingerprint density at radius 2 is 1.96 bits per heavy atom. The lowest BCUT2D eigenvalue weighted by Gasteiger charge is -2.22. The normalized spacial score (nSPS) is 18.6. The van der Waals surface area contributed by atoms with Crippen molar-refractivity contribution >= 4 is 51.3 Å². The van der Waals surface area contributed by atoms with Gasteiger partial charge in [-0.25, -0.2) is 4.79 Å². The fourth-order valence-corrected chi connectivity index (χ4v) is 4.07. The molecule has 2 aromatic rings. The molecule has 1 aliphatic carbocycles. The molecule has 0 aliphatic heterocycles. The van der Waals surface area contributed by atoms with Crippen molar-refractivity contribution in [3.63, 3.8) is 0 Å². The van der Waals surface area contributed by atoms with E-state index in [-0.39, 0.29) is 33.4 Å². The molecule has 27 heavy (non-hydrogen) atoms. The van der Waals surface area contributed by atoms with Gasteiger partial charge in [-0.05, 0) is 56.2 Å². The van der Waals surface area contributed by atoms with Gasteiger partial charge in [-0.15, -0.1) is 0 Å². The molecule has 1 aliphatic rings. The van der Waals surface area contributed by atoms with E-state index in [0.717, 1.165) is 18.5 Å². The molecule has 1 saturated carbocycles. The van der Waals surface area contributed by atoms with Crippen molar-refractivity contribution < 1.29 is 9.21 Å². The number of nitrogens with one attached hydrogen (secondary N) is 1. The Morgan fingerprint density at radius 3 is 2.56 bits per heavy atom. The Hall–Kier alpha value is -1.75. The molecule has 0 bridgehead atoms. The van der Waals surface area contributed by atoms with Crippen molar-refractivity contribution in [2.24, 2.45) is 5.92 Å². The Bertz CT molecular complexity index is 934. The van der Waals surface area contributed by atoms with Crippen LogP contribution in [-0.4, -0.2) is 11.8 Å². The van der Waals surface area contributed by atoms with Crippen molar-refractivity contribution in [2.45, 2.75) is 32.2 Å². The first-order chi connectivity index (χ1) is 12.8. The smallest absolute Gasteiger partial charge is 0.346 e. The summed E-state index contributed by atoms with van der Waals surface area (Å²) in [6.07, 6.45) is 3.79. The number of hydrogen-bond donors (Lipinski definition) is 1. The summed E-state index contributed by atoms with van der Waals surface area (Å²) in [6, 6.07) is 8.32. The zero-order valence-corrected chi connectivity index (χ0v) is 16.9. The van der Waals surface area contributed by atoms with E-state index >= 15 is 0 Å². The maximum Gasteiger partial charge on any atom is 0.346 e. The van der Waals surface area contributed by atoms with Crippen molar-refractivity contribution in [1.29, 1.82) is 0 Å². The number of anilines is 1. The lowest BCUT2D eigenvalue weighted by atomic mass is 9.95. The Balaban J connectivity index is 1.97. The first kappa shape index (κ1) is 20.0. The topological polar surface area (TPSA) is 59.3 Å². The summed E-state index contributed by atoms with van der Waals surface area (Å²) in [5, 5.41) is 4.30. The van der Waals surface area contributed by atoms with E-state index in [4.69, 9.17) is 39.2 Å². The van der Waals surface area contributed by atoms with Crippen LogP contribution in [0.25, 0.3) is 5.03 Å². The number of halogens is 3. The molecule has 1 N–H and O–H groups in total. The molecule has 2 atom stereocenters. The molecule has 0 radical (unpaired) electrons. The Morgan fingerprint density at radius 1 is 1.26 bits per heavy atom. The third-order valence-electron chi connectivity index (χ3n) is 4.55. The highest BCUT2D eigenvalue weighted by Crippen LogP contribution is 2.31. The van der Waals surface area contributed by atoms with Gasteiger partial charge in [0.25, 0.3) is 0 Å². The first-order valence-electron chi connectivity index (χ1n) is 8.58. The zero-order chi connectivity index (χ0) is 19.6. The summed E-state index contributed by atoms with van der Waals surface area (Å²) >= 11 is 18.6. The summed E-state index contributed by atoms with van der Waals surface area (Å²) in [7, 11) is 0. The third-order valence-corrected chi connectivity index (χ3v) is 5.42. The highest BCUT2D eigenvalue weighted by atomic mass is 35.5. The van der Waals surface area contributed by atoms with E-state index in [1.165, 1.54) is 6.07 Å². The molecule has 1 heterocycles. The van der Waals surface area contributed by atoms with Crippen LogP contribution in [0.15, 0.2) is 45.6 Å². The lowest BCUT2D eigenvalue weighted by Crippen LogP contribution is -2.30. The summed E-state index contributed by atoms with van der Waals surface area (Å²) in [6.45, 7) is 1.64. The van der Waals surface area contributed by atoms with Gasteiger partial charge >= 0.3 is 5.63 Å². The predicted molar refractivity (Wildman–Crippen MR) is 110 cm³/mol. The monoisotopic (exact) mass is 425 g/mol. The number of carbonyl (C=O) groups is 1. The fraction of sp³-hybridized carbons (Fsp3) is 0.300. The van der Waals surface area contributed by atoms with Crippen LogP contribution in [-0.2, 0) is 4.79 Å². The summed E-state index contributed by atoms with van der Waals surface area (Å²) < 4.78 is 5.10. The van der Waals surface area contributed by atoms with E-state index in [0.29, 0.717) is 17.2 Å². The minimum absolute atomic E-state index is 0.0947. The van der Waals surface area contributed by atoms with Gasteiger partial charge < -0.3 is 9.73 Å². The van der Waals surface area contributed by atoms with Crippen LogP contribution in [0.1, 0.15) is 30.6 Å². The van der Waals surface area contributed by atoms with E-state index in [9.17, 15) is 9.59 Å². The lowest BCUT2D eigenvalue weighted by molar-refractivity contribution is -0.120. The molecule has 0 unspecified atom stereocenters. The van der Waals surface area contributed by atoms with Crippen LogP contribution in [0, 0.1) is 12.8 Å². The van der Waals surface area contributed by atoms with Gasteiger partial charge in [-0.1, -0.05) is 34.8 Å². The minimum Gasteiger partial charge on any atom is -0.428 e. The van der Waals surface area contributed by atoms with Crippen LogP contribution in [0.5, 0.6) is 0 Å². The van der Waals surface area contributed by atoms with E-state index < -0.39 is 5.63 Å². The number of aryl methyl sites for hydroxylation is 1. The van der Waals surface area contributed by atoms with Gasteiger partial charge in [0.1, 0.15) is 11.5 Å². The summed E-state index contributed by atoms with van der Waals surface area (Å²) in [4.78, 5) is 24.5. The molecule has 0 amide bonds. The maximum absolute atomic E-state index is 12.3. The second-order valence-corrected chi connectivity index (χ2v) is 7.77. The van der Waals surface area contributed by atoms with Gasteiger partial charge in [-0.3, -0.25) is 4.79 Å². The molecular weight excluding hydrogens is 409 g/mol. The van der Waals surface area contributed by atoms with Crippen molar-refractivity contribution in [2.75, 3.05) is 5.32 Å². The van der Waals surface area contributed by atoms with Crippen LogP contribution in [0.2, 0.25) is 10.0 Å². The SMILES string of the molecule is Cc1cc(Cl)c(/C(Cl)=C/[C@@H](Nc2ccc(Cl)cc2)[C@H]2CCCC2=O)c(=O)o1. The molecule has 1 aromatic heterocycles. The van der Waals surface area contributed by atoms with Crippen LogP contribution in [0.3, 0.4) is 0 Å². The molecule has 1 fully saturated rings. The minimum atomic E-state index is -0.607. The molecular formula is C20H18Cl3NO3. The number of carbonyl (C=O) groups excluding carboxylic acids is 1. The second-order valence-electron chi connectivity index (χ2n) is 6.52. The molecule has 1 aromatic carbocycles. The number of benzene rings is 1. The Labute approximate surface area is 172 Å². The highest BCUT2D eigenvalue weighted by molar-refractivity contribution is 6.50. The van der Waals surface area contributed by atoms with Crippen molar-refractivity contribution in [3.05, 3.63) is 68.2 Å². The first-order valence-corrected chi connectivity index (χ1v) is 9.71. The van der Waals surface area contributed by atoms with Gasteiger partial charge in [-0.2, -0.15) is 0 Å². The van der Waals surface area contributed by atoms with E-state index in [1.54, 1.807) is 25.1 Å². The average molecular weight is 427 g/mol. The number of ketones is 1. The molecule has 3 rings (SSSR count). The maximum atomic E-state index is 12.3. The van der Waals surface area contributed by atoms with Gasteiger partial charge in [0.15, 0.2) is 0 Å². The zero-order valence-electron chi connectivity index (χ0n) is 14.6. The molecule has 0 saturated heterocycles. The molecule has 142 valence electrons. The van der Waals surface area contributed by atoms with E-state index in [2.05, 4.69) is 5.32 Å². The molecule has 0 spiro atoms. The van der Waals surface area contributed by atoms with Crippen molar-refractivity contribution in [1.82, 2.24) is 0 Å². The average Bonchev–Trinajstić information content (AvgIpc) is 3.01. The quantitative estimate of drug-likeness (QED) is 0.667. The van der Waals surface area contributed by atoms with Crippen LogP contribution < -0.4 is 10.9 Å². The molecule has 7 heteroatoms.